The van der Waals surface area contributed by atoms with Gasteiger partial charge in [-0.05, 0) is 30.9 Å². The van der Waals surface area contributed by atoms with Crippen LogP contribution in [0.3, 0.4) is 0 Å². The number of carboxylic acids is 1. The SMILES string of the molecule is CO[P@@](=O)(C[C@H](CCc1ccccc1)C(=O)O)[C@H](C)NC(=O)OCc1ccccc1. The summed E-state index contributed by atoms with van der Waals surface area (Å²) in [5.41, 5.74) is 1.83. The number of aliphatic carboxylic acids is 1. The van der Waals surface area contributed by atoms with E-state index in [-0.39, 0.29) is 12.8 Å². The minimum absolute atomic E-state index is 0.0749. The molecular weight excluding hydrogens is 405 g/mol. The lowest BCUT2D eigenvalue weighted by Gasteiger charge is -2.26. The van der Waals surface area contributed by atoms with Crippen molar-refractivity contribution in [3.05, 3.63) is 71.8 Å². The average molecular weight is 433 g/mol. The quantitative estimate of drug-likeness (QED) is 0.506. The highest BCUT2D eigenvalue weighted by Crippen LogP contribution is 2.52. The van der Waals surface area contributed by atoms with Crippen LogP contribution in [0.5, 0.6) is 0 Å². The Labute approximate surface area is 176 Å². The molecule has 0 aliphatic carbocycles. The Balaban J connectivity index is 1.94. The molecule has 7 nitrogen and oxygen atoms in total. The van der Waals surface area contributed by atoms with Gasteiger partial charge in [-0.3, -0.25) is 9.36 Å². The molecular formula is C22H28NO6P. The molecule has 0 spiro atoms. The number of alkyl carbamates (subject to hydrolysis) is 1. The molecule has 2 N–H and O–H groups in total. The van der Waals surface area contributed by atoms with E-state index in [1.807, 2.05) is 60.7 Å². The fourth-order valence-electron chi connectivity index (χ4n) is 3.01. The lowest BCUT2D eigenvalue weighted by Crippen LogP contribution is -2.35. The molecule has 2 aromatic carbocycles. The highest BCUT2D eigenvalue weighted by atomic mass is 31.2. The normalized spacial score (nSPS) is 14.9. The first-order chi connectivity index (χ1) is 14.3. The zero-order valence-electron chi connectivity index (χ0n) is 17.2. The summed E-state index contributed by atoms with van der Waals surface area (Å²) in [6.07, 6.45) is -0.0497. The van der Waals surface area contributed by atoms with Crippen molar-refractivity contribution in [3.63, 3.8) is 0 Å². The van der Waals surface area contributed by atoms with Gasteiger partial charge < -0.3 is 19.7 Å². The Morgan fingerprint density at radius 2 is 1.60 bits per heavy atom. The highest BCUT2D eigenvalue weighted by Gasteiger charge is 2.36. The zero-order chi connectivity index (χ0) is 22.0. The molecule has 30 heavy (non-hydrogen) atoms. The summed E-state index contributed by atoms with van der Waals surface area (Å²) in [6, 6.07) is 18.7. The molecule has 2 rings (SSSR count). The zero-order valence-corrected chi connectivity index (χ0v) is 18.1. The van der Waals surface area contributed by atoms with Crippen LogP contribution in [-0.2, 0) is 31.6 Å². The van der Waals surface area contributed by atoms with Crippen molar-refractivity contribution in [2.24, 2.45) is 5.92 Å². The van der Waals surface area contributed by atoms with Gasteiger partial charge in [-0.1, -0.05) is 60.7 Å². The first-order valence-corrected chi connectivity index (χ1v) is 11.6. The first-order valence-electron chi connectivity index (χ1n) is 9.72. The van der Waals surface area contributed by atoms with Gasteiger partial charge in [-0.15, -0.1) is 0 Å². The minimum atomic E-state index is -3.46. The Kier molecular flexibility index (Phi) is 9.09. The number of carbonyl (C=O) groups is 2. The van der Waals surface area contributed by atoms with Gasteiger partial charge >= 0.3 is 12.1 Å². The maximum absolute atomic E-state index is 13.3. The molecule has 0 bridgehead atoms. The summed E-state index contributed by atoms with van der Waals surface area (Å²) in [7, 11) is -2.20. The van der Waals surface area contributed by atoms with E-state index in [1.165, 1.54) is 14.0 Å². The smallest absolute Gasteiger partial charge is 0.408 e. The lowest BCUT2D eigenvalue weighted by molar-refractivity contribution is -0.141. The van der Waals surface area contributed by atoms with E-state index in [2.05, 4.69) is 5.32 Å². The molecule has 0 fully saturated rings. The van der Waals surface area contributed by atoms with Crippen molar-refractivity contribution < 1.29 is 28.5 Å². The summed E-state index contributed by atoms with van der Waals surface area (Å²) in [4.78, 5) is 23.8. The molecule has 0 aliphatic rings. The summed E-state index contributed by atoms with van der Waals surface area (Å²) in [6.45, 7) is 1.61. The Morgan fingerprint density at radius 3 is 2.13 bits per heavy atom. The molecule has 3 atom stereocenters. The van der Waals surface area contributed by atoms with Crippen molar-refractivity contribution in [2.45, 2.75) is 32.2 Å². The number of carboxylic acid groups (broad SMARTS) is 1. The monoisotopic (exact) mass is 433 g/mol. The van der Waals surface area contributed by atoms with Crippen LogP contribution in [0.4, 0.5) is 4.79 Å². The molecule has 0 aromatic heterocycles. The maximum Gasteiger partial charge on any atom is 0.408 e. The number of amides is 1. The topological polar surface area (TPSA) is 102 Å². The van der Waals surface area contributed by atoms with Crippen LogP contribution in [0.15, 0.2) is 60.7 Å². The van der Waals surface area contributed by atoms with Gasteiger partial charge in [0.1, 0.15) is 12.4 Å². The number of aryl methyl sites for hydroxylation is 1. The number of benzene rings is 2. The van der Waals surface area contributed by atoms with Gasteiger partial charge in [0.25, 0.3) is 0 Å². The van der Waals surface area contributed by atoms with Crippen molar-refractivity contribution in [1.29, 1.82) is 0 Å². The van der Waals surface area contributed by atoms with Crippen molar-refractivity contribution in [2.75, 3.05) is 13.3 Å². The van der Waals surface area contributed by atoms with Crippen LogP contribution in [0, 0.1) is 5.92 Å². The second-order valence-corrected chi connectivity index (χ2v) is 9.99. The van der Waals surface area contributed by atoms with Crippen molar-refractivity contribution in [3.8, 4) is 0 Å². The number of carbonyl (C=O) groups excluding carboxylic acids is 1. The van der Waals surface area contributed by atoms with Gasteiger partial charge in [0.15, 0.2) is 0 Å². The maximum atomic E-state index is 13.3. The van der Waals surface area contributed by atoms with E-state index < -0.39 is 31.1 Å². The molecule has 8 heteroatoms. The molecule has 0 saturated heterocycles. The largest absolute Gasteiger partial charge is 0.481 e. The molecule has 162 valence electrons. The first kappa shape index (κ1) is 23.6. The van der Waals surface area contributed by atoms with Crippen LogP contribution in [-0.4, -0.2) is 36.2 Å². The van der Waals surface area contributed by atoms with E-state index in [4.69, 9.17) is 9.26 Å². The van der Waals surface area contributed by atoms with Gasteiger partial charge in [0, 0.05) is 13.3 Å². The summed E-state index contributed by atoms with van der Waals surface area (Å²) in [5, 5.41) is 12.1. The average Bonchev–Trinajstić information content (AvgIpc) is 2.76. The van der Waals surface area contributed by atoms with E-state index in [0.717, 1.165) is 11.1 Å². The van der Waals surface area contributed by atoms with Crippen LogP contribution >= 0.6 is 7.37 Å². The van der Waals surface area contributed by atoms with Gasteiger partial charge in [0.2, 0.25) is 7.37 Å². The van der Waals surface area contributed by atoms with E-state index in [1.54, 1.807) is 0 Å². The number of hydrogen-bond acceptors (Lipinski definition) is 5. The lowest BCUT2D eigenvalue weighted by atomic mass is 10.0. The van der Waals surface area contributed by atoms with Crippen LogP contribution in [0.2, 0.25) is 0 Å². The summed E-state index contributed by atoms with van der Waals surface area (Å²) in [5.74, 6) is -2.79. The molecule has 0 aliphatic heterocycles. The molecule has 0 saturated carbocycles. The van der Waals surface area contributed by atoms with Crippen LogP contribution in [0.25, 0.3) is 0 Å². The predicted molar refractivity (Wildman–Crippen MR) is 115 cm³/mol. The number of hydrogen-bond donors (Lipinski definition) is 2. The molecule has 0 heterocycles. The molecule has 1 amide bonds. The Bertz CT molecular complexity index is 858. The molecule has 0 unspecified atom stereocenters. The molecule has 2 aromatic rings. The third kappa shape index (κ3) is 7.32. The Hall–Kier alpha value is -2.63. The second kappa shape index (κ2) is 11.5. The number of ether oxygens (including phenoxy) is 1. The summed E-state index contributed by atoms with van der Waals surface area (Å²) >= 11 is 0. The third-order valence-corrected chi connectivity index (χ3v) is 7.76. The number of rotatable bonds is 11. The second-order valence-electron chi connectivity index (χ2n) is 7.03. The van der Waals surface area contributed by atoms with Crippen LogP contribution in [0.1, 0.15) is 24.5 Å². The van der Waals surface area contributed by atoms with Gasteiger partial charge in [-0.2, -0.15) is 0 Å². The highest BCUT2D eigenvalue weighted by molar-refractivity contribution is 7.59. The van der Waals surface area contributed by atoms with Crippen molar-refractivity contribution in [1.82, 2.24) is 5.32 Å². The van der Waals surface area contributed by atoms with E-state index in [0.29, 0.717) is 12.8 Å². The fourth-order valence-corrected chi connectivity index (χ4v) is 5.05. The Morgan fingerprint density at radius 1 is 1.03 bits per heavy atom. The van der Waals surface area contributed by atoms with E-state index in [9.17, 15) is 19.3 Å². The van der Waals surface area contributed by atoms with E-state index >= 15 is 0 Å². The van der Waals surface area contributed by atoms with Crippen molar-refractivity contribution >= 4 is 19.4 Å². The minimum Gasteiger partial charge on any atom is -0.481 e. The van der Waals surface area contributed by atoms with Gasteiger partial charge in [-0.25, -0.2) is 4.79 Å². The predicted octanol–water partition coefficient (Wildman–Crippen LogP) is 4.52. The fraction of sp³-hybridized carbons (Fsp3) is 0.364. The number of nitrogens with one attached hydrogen (secondary N) is 1. The standard InChI is InChI=1S/C22H28NO6P/c1-17(23-22(26)29-15-19-11-7-4-8-12-19)30(27,28-2)16-20(21(24)25)14-13-18-9-5-3-6-10-18/h3-12,17,20H,13-16H2,1-2H3,(H,23,26)(H,24,25)/t17-,20+,30+/m1/s1. The summed E-state index contributed by atoms with van der Waals surface area (Å²) < 4.78 is 23.6. The molecule has 0 radical (unpaired) electrons. The van der Waals surface area contributed by atoms with Crippen LogP contribution < -0.4 is 5.32 Å². The van der Waals surface area contributed by atoms with Gasteiger partial charge in [0.05, 0.1) is 5.92 Å². The third-order valence-electron chi connectivity index (χ3n) is 4.89.